The summed E-state index contributed by atoms with van der Waals surface area (Å²) < 4.78 is 29.8. The van der Waals surface area contributed by atoms with Gasteiger partial charge in [0.1, 0.15) is 12.9 Å². The predicted molar refractivity (Wildman–Crippen MR) is 117 cm³/mol. The van der Waals surface area contributed by atoms with Gasteiger partial charge < -0.3 is 23.4 Å². The van der Waals surface area contributed by atoms with Crippen LogP contribution in [0.2, 0.25) is 18.1 Å². The number of rotatable bonds is 12. The van der Waals surface area contributed by atoms with Gasteiger partial charge in [-0.3, -0.25) is 0 Å². The molecule has 6 heteroatoms. The molecule has 1 saturated heterocycles. The maximum absolute atomic E-state index is 6.49. The van der Waals surface area contributed by atoms with E-state index in [4.69, 9.17) is 23.4 Å². The maximum Gasteiger partial charge on any atom is 0.192 e. The van der Waals surface area contributed by atoms with Crippen molar-refractivity contribution in [2.24, 2.45) is 0 Å². The highest BCUT2D eigenvalue weighted by molar-refractivity contribution is 6.74. The second-order valence-electron chi connectivity index (χ2n) is 9.89. The molecule has 0 N–H and O–H groups in total. The molecule has 0 amide bonds. The molecule has 5 nitrogen and oxygen atoms in total. The van der Waals surface area contributed by atoms with Crippen LogP contribution in [0.25, 0.3) is 0 Å². The van der Waals surface area contributed by atoms with Crippen LogP contribution in [0.1, 0.15) is 67.2 Å². The maximum atomic E-state index is 6.49. The first-order chi connectivity index (χ1) is 12.8. The Balaban J connectivity index is 2.63. The molecule has 0 bridgehead atoms. The number of ether oxygens (including phenoxy) is 4. The van der Waals surface area contributed by atoms with Crippen LogP contribution in [0.15, 0.2) is 12.7 Å². The minimum Gasteiger partial charge on any atom is -0.414 e. The third-order valence-electron chi connectivity index (χ3n) is 5.79. The molecule has 166 valence electrons. The lowest BCUT2D eigenvalue weighted by Crippen LogP contribution is -2.43. The molecule has 0 radical (unpaired) electrons. The van der Waals surface area contributed by atoms with E-state index >= 15 is 0 Å². The van der Waals surface area contributed by atoms with Crippen LogP contribution in [0, 0.1) is 0 Å². The summed E-state index contributed by atoms with van der Waals surface area (Å²) in [5.74, 6) is -0.603. The highest BCUT2D eigenvalue weighted by atomic mass is 28.4. The van der Waals surface area contributed by atoms with Gasteiger partial charge in [0.25, 0.3) is 0 Å². The second-order valence-corrected chi connectivity index (χ2v) is 14.7. The summed E-state index contributed by atoms with van der Waals surface area (Å²) in [4.78, 5) is 0. The first-order valence-corrected chi connectivity index (χ1v) is 13.5. The molecule has 4 atom stereocenters. The average molecular weight is 417 g/mol. The molecule has 0 aromatic heterocycles. The van der Waals surface area contributed by atoms with Crippen LogP contribution in [-0.2, 0) is 23.4 Å². The van der Waals surface area contributed by atoms with Crippen molar-refractivity contribution < 1.29 is 23.4 Å². The van der Waals surface area contributed by atoms with E-state index in [1.165, 1.54) is 0 Å². The predicted octanol–water partition coefficient (Wildman–Crippen LogP) is 5.65. The van der Waals surface area contributed by atoms with Crippen molar-refractivity contribution in [2.75, 3.05) is 13.9 Å². The summed E-state index contributed by atoms with van der Waals surface area (Å²) in [7, 11) is -0.103. The van der Waals surface area contributed by atoms with E-state index in [1.807, 2.05) is 19.9 Å². The summed E-state index contributed by atoms with van der Waals surface area (Å²) in [5, 5.41) is 0.232. The van der Waals surface area contributed by atoms with Gasteiger partial charge in [-0.25, -0.2) is 0 Å². The lowest BCUT2D eigenvalue weighted by Gasteiger charge is -2.38. The highest BCUT2D eigenvalue weighted by Gasteiger charge is 2.45. The van der Waals surface area contributed by atoms with Crippen molar-refractivity contribution in [1.82, 2.24) is 0 Å². The van der Waals surface area contributed by atoms with Crippen LogP contribution in [0.4, 0.5) is 0 Å². The van der Waals surface area contributed by atoms with E-state index < -0.39 is 14.1 Å². The smallest absolute Gasteiger partial charge is 0.192 e. The molecule has 1 aliphatic rings. The topological polar surface area (TPSA) is 46.2 Å². The molecular weight excluding hydrogens is 372 g/mol. The molecule has 0 unspecified atom stereocenters. The van der Waals surface area contributed by atoms with Gasteiger partial charge in [-0.15, -0.1) is 6.58 Å². The molecule has 0 spiro atoms. The van der Waals surface area contributed by atoms with Crippen molar-refractivity contribution in [1.29, 1.82) is 0 Å². The monoisotopic (exact) mass is 416 g/mol. The molecule has 0 aliphatic carbocycles. The third-order valence-corrected chi connectivity index (χ3v) is 10.4. The van der Waals surface area contributed by atoms with Gasteiger partial charge >= 0.3 is 0 Å². The Bertz CT molecular complexity index is 472. The van der Waals surface area contributed by atoms with Gasteiger partial charge in [0, 0.05) is 13.2 Å². The minimum absolute atomic E-state index is 0.00289. The first kappa shape index (κ1) is 25.8. The van der Waals surface area contributed by atoms with Gasteiger partial charge in [0.05, 0.1) is 12.2 Å². The Morgan fingerprint density at radius 3 is 2.39 bits per heavy atom. The fourth-order valence-electron chi connectivity index (χ4n) is 3.36. The zero-order valence-electron chi connectivity index (χ0n) is 19.7. The van der Waals surface area contributed by atoms with Crippen molar-refractivity contribution in [3.63, 3.8) is 0 Å². The van der Waals surface area contributed by atoms with Crippen LogP contribution >= 0.6 is 0 Å². The lowest BCUT2D eigenvalue weighted by molar-refractivity contribution is -0.169. The second kappa shape index (κ2) is 10.7. The summed E-state index contributed by atoms with van der Waals surface area (Å²) in [6.07, 6.45) is 5.54. The molecule has 1 rings (SSSR count). The van der Waals surface area contributed by atoms with E-state index in [0.717, 1.165) is 19.3 Å². The highest BCUT2D eigenvalue weighted by Crippen LogP contribution is 2.38. The van der Waals surface area contributed by atoms with Crippen LogP contribution in [-0.4, -0.2) is 52.4 Å². The first-order valence-electron chi connectivity index (χ1n) is 10.6. The molecule has 28 heavy (non-hydrogen) atoms. The van der Waals surface area contributed by atoms with Crippen molar-refractivity contribution in [3.05, 3.63) is 12.7 Å². The largest absolute Gasteiger partial charge is 0.414 e. The molecule has 1 fully saturated rings. The Morgan fingerprint density at radius 1 is 1.21 bits per heavy atom. The Kier molecular flexibility index (Phi) is 9.84. The standard InChI is InChI=1S/C22H44O5Si/c1-11-13-18(24-16-23-8)20-19(25-22(6,7)26-20)15-12-14-17(2)27-28(9,10)21(3,4)5/h11,17-20H,1,12-16H2,2-10H3/t17-,18-,19-,20-/m0/s1. The fourth-order valence-corrected chi connectivity index (χ4v) is 4.84. The quantitative estimate of drug-likeness (QED) is 0.234. The Morgan fingerprint density at radius 2 is 1.86 bits per heavy atom. The summed E-state index contributed by atoms with van der Waals surface area (Å²) in [5.41, 5.74) is 0. The van der Waals surface area contributed by atoms with Gasteiger partial charge in [0.15, 0.2) is 14.1 Å². The van der Waals surface area contributed by atoms with Crippen LogP contribution < -0.4 is 0 Å². The van der Waals surface area contributed by atoms with Gasteiger partial charge in [-0.2, -0.15) is 0 Å². The fraction of sp³-hybridized carbons (Fsp3) is 0.909. The summed E-state index contributed by atoms with van der Waals surface area (Å²) >= 11 is 0. The molecule has 1 aliphatic heterocycles. The number of hydrogen-bond donors (Lipinski definition) is 0. The SMILES string of the molecule is C=CC[C@H](OCOC)[C@@H]1OC(C)(C)O[C@H]1CCC[C@H](C)O[Si](C)(C)C(C)(C)C. The van der Waals surface area contributed by atoms with E-state index in [2.05, 4.69) is 47.4 Å². The molecule has 0 aromatic carbocycles. The van der Waals surface area contributed by atoms with Gasteiger partial charge in [-0.05, 0) is 64.6 Å². The third kappa shape index (κ3) is 7.88. The molecule has 1 heterocycles. The number of methoxy groups -OCH3 is 1. The summed E-state index contributed by atoms with van der Waals surface area (Å²) in [6, 6.07) is 0. The molecule has 0 saturated carbocycles. The normalized spacial score (nSPS) is 24.9. The van der Waals surface area contributed by atoms with Gasteiger partial charge in [-0.1, -0.05) is 26.8 Å². The molecular formula is C22H44O5Si. The Hall–Kier alpha value is -0.243. The van der Waals surface area contributed by atoms with E-state index in [9.17, 15) is 0 Å². The van der Waals surface area contributed by atoms with Crippen LogP contribution in [0.5, 0.6) is 0 Å². The van der Waals surface area contributed by atoms with Crippen molar-refractivity contribution in [3.8, 4) is 0 Å². The molecule has 0 aromatic rings. The van der Waals surface area contributed by atoms with E-state index in [1.54, 1.807) is 7.11 Å². The van der Waals surface area contributed by atoms with Crippen molar-refractivity contribution >= 4 is 8.32 Å². The average Bonchev–Trinajstić information content (AvgIpc) is 2.84. The van der Waals surface area contributed by atoms with Crippen molar-refractivity contribution in [2.45, 2.75) is 116 Å². The zero-order chi connectivity index (χ0) is 21.6. The van der Waals surface area contributed by atoms with E-state index in [0.29, 0.717) is 6.42 Å². The van der Waals surface area contributed by atoms with Gasteiger partial charge in [0.2, 0.25) is 0 Å². The zero-order valence-corrected chi connectivity index (χ0v) is 20.7. The Labute approximate surface area is 174 Å². The summed E-state index contributed by atoms with van der Waals surface area (Å²) in [6.45, 7) is 21.7. The number of hydrogen-bond acceptors (Lipinski definition) is 5. The van der Waals surface area contributed by atoms with Crippen LogP contribution in [0.3, 0.4) is 0 Å². The van der Waals surface area contributed by atoms with E-state index in [-0.39, 0.29) is 36.2 Å². The minimum atomic E-state index is -1.73. The lowest BCUT2D eigenvalue weighted by atomic mass is 9.99.